The van der Waals surface area contributed by atoms with Crippen LogP contribution in [0.5, 0.6) is 5.75 Å². The molecule has 0 fully saturated rings. The Hall–Kier alpha value is -1.22. The van der Waals surface area contributed by atoms with Crippen LogP contribution in [0.25, 0.3) is 0 Å². The largest absolute Gasteiger partial charge is 0.497 e. The molecule has 1 aromatic carbocycles. The Balaban J connectivity index is 2.72. The van der Waals surface area contributed by atoms with E-state index in [4.69, 9.17) is 16.3 Å². The zero-order valence-electron chi connectivity index (χ0n) is 9.66. The van der Waals surface area contributed by atoms with Crippen molar-refractivity contribution in [2.24, 2.45) is 0 Å². The third-order valence-electron chi connectivity index (χ3n) is 2.31. The van der Waals surface area contributed by atoms with Crippen molar-refractivity contribution in [3.63, 3.8) is 0 Å². The van der Waals surface area contributed by atoms with E-state index in [1.165, 1.54) is 0 Å². The van der Waals surface area contributed by atoms with Gasteiger partial charge in [0.25, 0.3) is 0 Å². The summed E-state index contributed by atoms with van der Waals surface area (Å²) in [6.45, 7) is 3.56. The van der Waals surface area contributed by atoms with Gasteiger partial charge in [0, 0.05) is 0 Å². The molecule has 4 heteroatoms. The van der Waals surface area contributed by atoms with E-state index in [1.807, 2.05) is 31.2 Å². The molecule has 0 aromatic heterocycles. The van der Waals surface area contributed by atoms with Crippen LogP contribution in [0.15, 0.2) is 24.3 Å². The van der Waals surface area contributed by atoms with E-state index >= 15 is 0 Å². The molecule has 1 N–H and O–H groups in total. The lowest BCUT2D eigenvalue weighted by atomic mass is 10.1. The number of alkyl halides is 1. The van der Waals surface area contributed by atoms with E-state index in [9.17, 15) is 4.79 Å². The third kappa shape index (κ3) is 3.42. The fourth-order valence-corrected chi connectivity index (χ4v) is 1.39. The molecule has 0 saturated heterocycles. The van der Waals surface area contributed by atoms with Crippen molar-refractivity contribution >= 4 is 17.5 Å². The number of carbonyl (C=O) groups is 1. The summed E-state index contributed by atoms with van der Waals surface area (Å²) in [7, 11) is 1.61. The fourth-order valence-electron chi connectivity index (χ4n) is 1.32. The van der Waals surface area contributed by atoms with Crippen molar-refractivity contribution in [2.45, 2.75) is 25.3 Å². The summed E-state index contributed by atoms with van der Waals surface area (Å²) >= 11 is 5.68. The lowest BCUT2D eigenvalue weighted by Crippen LogP contribution is -2.31. The summed E-state index contributed by atoms with van der Waals surface area (Å²) in [5.74, 6) is 0.606. The molecule has 0 heterocycles. The van der Waals surface area contributed by atoms with E-state index in [0.29, 0.717) is 0 Å². The molecule has 0 aliphatic heterocycles. The summed E-state index contributed by atoms with van der Waals surface area (Å²) in [6.07, 6.45) is 0. The number of methoxy groups -OCH3 is 1. The van der Waals surface area contributed by atoms with Gasteiger partial charge in [0.2, 0.25) is 5.91 Å². The average Bonchev–Trinajstić information content (AvgIpc) is 2.28. The van der Waals surface area contributed by atoms with Crippen LogP contribution >= 0.6 is 11.6 Å². The lowest BCUT2D eigenvalue weighted by molar-refractivity contribution is -0.121. The summed E-state index contributed by atoms with van der Waals surface area (Å²) in [5, 5.41) is 2.30. The van der Waals surface area contributed by atoms with Crippen LogP contribution in [0, 0.1) is 0 Å². The highest BCUT2D eigenvalue weighted by Gasteiger charge is 2.13. The van der Waals surface area contributed by atoms with Crippen molar-refractivity contribution in [3.05, 3.63) is 29.8 Å². The first-order valence-electron chi connectivity index (χ1n) is 5.13. The van der Waals surface area contributed by atoms with Gasteiger partial charge in [-0.1, -0.05) is 12.1 Å². The molecule has 0 radical (unpaired) electrons. The van der Waals surface area contributed by atoms with Crippen LogP contribution < -0.4 is 10.1 Å². The van der Waals surface area contributed by atoms with Crippen molar-refractivity contribution in [3.8, 4) is 5.75 Å². The highest BCUT2D eigenvalue weighted by molar-refractivity contribution is 6.30. The Morgan fingerprint density at radius 1 is 1.44 bits per heavy atom. The third-order valence-corrected chi connectivity index (χ3v) is 2.51. The Morgan fingerprint density at radius 2 is 2.12 bits per heavy atom. The standard InChI is InChI=1S/C12H16ClNO2/c1-8(13)12(15)14-9(2)10-5-4-6-11(7-10)16-3/h4-9H,1-3H3,(H,14,15)/t8?,9-/m1/s1. The van der Waals surface area contributed by atoms with E-state index in [-0.39, 0.29) is 11.9 Å². The Bertz CT molecular complexity index is 366. The van der Waals surface area contributed by atoms with Gasteiger partial charge >= 0.3 is 0 Å². The summed E-state index contributed by atoms with van der Waals surface area (Å²) in [5.41, 5.74) is 0.991. The van der Waals surface area contributed by atoms with Gasteiger partial charge in [0.15, 0.2) is 0 Å². The second-order valence-electron chi connectivity index (χ2n) is 3.62. The lowest BCUT2D eigenvalue weighted by Gasteiger charge is -2.15. The maximum absolute atomic E-state index is 11.4. The van der Waals surface area contributed by atoms with E-state index < -0.39 is 5.38 Å². The molecular weight excluding hydrogens is 226 g/mol. The molecule has 16 heavy (non-hydrogen) atoms. The average molecular weight is 242 g/mol. The molecule has 88 valence electrons. The van der Waals surface area contributed by atoms with E-state index in [1.54, 1.807) is 14.0 Å². The molecule has 0 aliphatic carbocycles. The number of ether oxygens (including phenoxy) is 1. The quantitative estimate of drug-likeness (QED) is 0.823. The minimum absolute atomic E-state index is 0.0798. The predicted octanol–water partition coefficient (Wildman–Crippen LogP) is 2.50. The van der Waals surface area contributed by atoms with Crippen LogP contribution in [0.2, 0.25) is 0 Å². The SMILES string of the molecule is COc1cccc([C@@H](C)NC(=O)C(C)Cl)c1. The van der Waals surface area contributed by atoms with Gasteiger partial charge in [-0.25, -0.2) is 0 Å². The van der Waals surface area contributed by atoms with Crippen LogP contribution in [0.3, 0.4) is 0 Å². The van der Waals surface area contributed by atoms with Gasteiger partial charge in [0.05, 0.1) is 13.2 Å². The minimum atomic E-state index is -0.520. The van der Waals surface area contributed by atoms with Gasteiger partial charge in [-0.05, 0) is 31.5 Å². The Labute approximate surface area is 101 Å². The molecule has 1 unspecified atom stereocenters. The second-order valence-corrected chi connectivity index (χ2v) is 4.28. The van der Waals surface area contributed by atoms with Gasteiger partial charge in [-0.2, -0.15) is 0 Å². The number of nitrogens with one attached hydrogen (secondary N) is 1. The highest BCUT2D eigenvalue weighted by Crippen LogP contribution is 2.18. The van der Waals surface area contributed by atoms with Crippen molar-refractivity contribution in [1.29, 1.82) is 0 Å². The van der Waals surface area contributed by atoms with Crippen molar-refractivity contribution in [2.75, 3.05) is 7.11 Å². The van der Waals surface area contributed by atoms with Gasteiger partial charge in [0.1, 0.15) is 11.1 Å². The van der Waals surface area contributed by atoms with Crippen LogP contribution in [-0.2, 0) is 4.79 Å². The van der Waals surface area contributed by atoms with Gasteiger partial charge < -0.3 is 10.1 Å². The predicted molar refractivity (Wildman–Crippen MR) is 64.9 cm³/mol. The molecule has 3 nitrogen and oxygen atoms in total. The Morgan fingerprint density at radius 3 is 2.69 bits per heavy atom. The smallest absolute Gasteiger partial charge is 0.238 e. The minimum Gasteiger partial charge on any atom is -0.497 e. The first kappa shape index (κ1) is 12.8. The number of halogens is 1. The number of rotatable bonds is 4. The first-order valence-corrected chi connectivity index (χ1v) is 5.56. The molecule has 2 atom stereocenters. The monoisotopic (exact) mass is 241 g/mol. The topological polar surface area (TPSA) is 38.3 Å². The first-order chi connectivity index (χ1) is 7.54. The Kier molecular flexibility index (Phi) is 4.62. The van der Waals surface area contributed by atoms with E-state index in [0.717, 1.165) is 11.3 Å². The number of hydrogen-bond acceptors (Lipinski definition) is 2. The number of hydrogen-bond donors (Lipinski definition) is 1. The fraction of sp³-hybridized carbons (Fsp3) is 0.417. The molecular formula is C12H16ClNO2. The number of amides is 1. The van der Waals surface area contributed by atoms with Gasteiger partial charge in [-0.3, -0.25) is 4.79 Å². The van der Waals surface area contributed by atoms with Crippen molar-refractivity contribution in [1.82, 2.24) is 5.32 Å². The number of benzene rings is 1. The molecule has 0 saturated carbocycles. The zero-order valence-corrected chi connectivity index (χ0v) is 10.4. The molecule has 0 aliphatic rings. The second kappa shape index (κ2) is 5.75. The van der Waals surface area contributed by atoms with Crippen molar-refractivity contribution < 1.29 is 9.53 Å². The summed E-state index contributed by atoms with van der Waals surface area (Å²) in [6, 6.07) is 7.50. The molecule has 1 amide bonds. The normalized spacial score (nSPS) is 14.0. The zero-order chi connectivity index (χ0) is 12.1. The van der Waals surface area contributed by atoms with Gasteiger partial charge in [-0.15, -0.1) is 11.6 Å². The van der Waals surface area contributed by atoms with Crippen LogP contribution in [0.4, 0.5) is 0 Å². The highest BCUT2D eigenvalue weighted by atomic mass is 35.5. The molecule has 1 rings (SSSR count). The van der Waals surface area contributed by atoms with Crippen LogP contribution in [-0.4, -0.2) is 18.4 Å². The van der Waals surface area contributed by atoms with Crippen LogP contribution in [0.1, 0.15) is 25.5 Å². The summed E-state index contributed by atoms with van der Waals surface area (Å²) < 4.78 is 5.12. The molecule has 0 spiro atoms. The summed E-state index contributed by atoms with van der Waals surface area (Å²) in [4.78, 5) is 11.4. The molecule has 1 aromatic rings. The number of carbonyl (C=O) groups excluding carboxylic acids is 1. The molecule has 0 bridgehead atoms. The van der Waals surface area contributed by atoms with E-state index in [2.05, 4.69) is 5.32 Å². The maximum Gasteiger partial charge on any atom is 0.238 e. The maximum atomic E-state index is 11.4.